The van der Waals surface area contributed by atoms with Crippen molar-refractivity contribution in [3.63, 3.8) is 0 Å². The van der Waals surface area contributed by atoms with Crippen molar-refractivity contribution in [3.8, 4) is 0 Å². The number of amides is 1. The summed E-state index contributed by atoms with van der Waals surface area (Å²) in [7, 11) is 5.04. The van der Waals surface area contributed by atoms with Crippen LogP contribution >= 0.6 is 0 Å². The monoisotopic (exact) mass is 230 g/mol. The average Bonchev–Trinajstić information content (AvgIpc) is 2.26. The average molecular weight is 230 g/mol. The molecule has 0 saturated heterocycles. The summed E-state index contributed by atoms with van der Waals surface area (Å²) in [6.45, 7) is 3.13. The van der Waals surface area contributed by atoms with Gasteiger partial charge in [0.2, 0.25) is 0 Å². The molecule has 17 heavy (non-hydrogen) atoms. The second-order valence-electron chi connectivity index (χ2n) is 4.62. The number of carbonyl (C=O) groups excluding carboxylic acids is 1. The fourth-order valence-corrected chi connectivity index (χ4v) is 2.32. The molecular formula is C12H15BN2O2. The van der Waals surface area contributed by atoms with Gasteiger partial charge in [-0.15, -0.1) is 0 Å². The predicted octanol–water partition coefficient (Wildman–Crippen LogP) is 0.597. The van der Waals surface area contributed by atoms with Gasteiger partial charge in [-0.05, 0) is 37.3 Å². The lowest BCUT2D eigenvalue weighted by atomic mass is 9.95. The van der Waals surface area contributed by atoms with Crippen molar-refractivity contribution in [2.24, 2.45) is 5.92 Å². The molecule has 4 nitrogen and oxygen atoms in total. The van der Waals surface area contributed by atoms with Crippen LogP contribution < -0.4 is 10.9 Å². The standard InChI is InChI=1S/C12H15BN2O2/c1-8-4-10-3-2-9(6-14-12(13)17)7-15(10)11(16)5-8/h4-5,9H,2-3,6-7H2,1H3,(H,14,17). The van der Waals surface area contributed by atoms with E-state index >= 15 is 0 Å². The molecule has 1 aliphatic heterocycles. The summed E-state index contributed by atoms with van der Waals surface area (Å²) in [6.07, 6.45) is 1.85. The maximum Gasteiger partial charge on any atom is 0.250 e. The van der Waals surface area contributed by atoms with Crippen LogP contribution in [0.25, 0.3) is 0 Å². The van der Waals surface area contributed by atoms with Crippen LogP contribution in [0.3, 0.4) is 0 Å². The fourth-order valence-electron chi connectivity index (χ4n) is 2.32. The van der Waals surface area contributed by atoms with Gasteiger partial charge in [0.15, 0.2) is 13.7 Å². The van der Waals surface area contributed by atoms with Gasteiger partial charge in [0.25, 0.3) is 5.56 Å². The van der Waals surface area contributed by atoms with Crippen LogP contribution in [0.2, 0.25) is 0 Å². The van der Waals surface area contributed by atoms with E-state index in [1.54, 1.807) is 10.6 Å². The summed E-state index contributed by atoms with van der Waals surface area (Å²) < 4.78 is 1.80. The molecule has 2 rings (SSSR count). The Kier molecular flexibility index (Phi) is 3.36. The first kappa shape index (κ1) is 12.0. The first-order chi connectivity index (χ1) is 8.06. The molecule has 2 heterocycles. The van der Waals surface area contributed by atoms with E-state index in [4.69, 9.17) is 7.85 Å². The first-order valence-corrected chi connectivity index (χ1v) is 5.80. The lowest BCUT2D eigenvalue weighted by molar-refractivity contribution is 0.255. The number of nitrogens with zero attached hydrogens (tertiary/aromatic N) is 1. The van der Waals surface area contributed by atoms with Gasteiger partial charge >= 0.3 is 0 Å². The third kappa shape index (κ3) is 2.78. The van der Waals surface area contributed by atoms with Crippen LogP contribution in [0.15, 0.2) is 16.9 Å². The zero-order valence-electron chi connectivity index (χ0n) is 9.90. The molecule has 0 bridgehead atoms. The summed E-state index contributed by atoms with van der Waals surface area (Å²) in [6, 6.07) is 3.70. The minimum atomic E-state index is -0.507. The van der Waals surface area contributed by atoms with Crippen molar-refractivity contribution in [1.82, 2.24) is 9.88 Å². The van der Waals surface area contributed by atoms with E-state index in [2.05, 4.69) is 11.4 Å². The highest BCUT2D eigenvalue weighted by molar-refractivity contribution is 6.57. The highest BCUT2D eigenvalue weighted by Crippen LogP contribution is 2.18. The van der Waals surface area contributed by atoms with E-state index in [0.29, 0.717) is 13.1 Å². The maximum atomic E-state index is 11.8. The van der Waals surface area contributed by atoms with Gasteiger partial charge in [-0.2, -0.15) is 0 Å². The molecule has 1 aromatic heterocycles. The summed E-state index contributed by atoms with van der Waals surface area (Å²) in [5, 5.41) is 2.60. The maximum absolute atomic E-state index is 11.8. The number of pyridine rings is 1. The SMILES string of the molecule is [B]C(=O)NCC1CCc2cc(C)cc(=O)n2C1. The predicted molar refractivity (Wildman–Crippen MR) is 66.4 cm³/mol. The number of aromatic nitrogens is 1. The minimum absolute atomic E-state index is 0.0452. The van der Waals surface area contributed by atoms with Crippen LogP contribution in [0.4, 0.5) is 4.79 Å². The third-order valence-corrected chi connectivity index (χ3v) is 3.17. The van der Waals surface area contributed by atoms with Gasteiger partial charge in [-0.1, -0.05) is 0 Å². The summed E-state index contributed by atoms with van der Waals surface area (Å²) >= 11 is 0. The van der Waals surface area contributed by atoms with E-state index in [1.165, 1.54) is 0 Å². The van der Waals surface area contributed by atoms with Crippen LogP contribution in [0, 0.1) is 12.8 Å². The van der Waals surface area contributed by atoms with Crippen LogP contribution in [-0.4, -0.2) is 24.8 Å². The zero-order valence-corrected chi connectivity index (χ0v) is 9.90. The van der Waals surface area contributed by atoms with Crippen molar-refractivity contribution in [1.29, 1.82) is 0 Å². The molecule has 2 radical (unpaired) electrons. The van der Waals surface area contributed by atoms with Crippen molar-refractivity contribution in [2.75, 3.05) is 6.54 Å². The van der Waals surface area contributed by atoms with Gasteiger partial charge in [0.1, 0.15) is 0 Å². The summed E-state index contributed by atoms with van der Waals surface area (Å²) in [5.41, 5.74) is 2.14. The number of hydrogen-bond acceptors (Lipinski definition) is 2. The Morgan fingerprint density at radius 3 is 3.06 bits per heavy atom. The molecule has 0 aromatic carbocycles. The number of hydrogen-bond donors (Lipinski definition) is 1. The molecule has 1 N–H and O–H groups in total. The molecule has 0 fully saturated rings. The minimum Gasteiger partial charge on any atom is -0.366 e. The van der Waals surface area contributed by atoms with E-state index in [-0.39, 0.29) is 11.5 Å². The second kappa shape index (κ2) is 4.78. The number of nitrogens with one attached hydrogen (secondary N) is 1. The summed E-state index contributed by atoms with van der Waals surface area (Å²) in [4.78, 5) is 22.5. The Hall–Kier alpha value is -1.52. The molecular weight excluding hydrogens is 215 g/mol. The highest BCUT2D eigenvalue weighted by atomic mass is 16.1. The third-order valence-electron chi connectivity index (χ3n) is 3.17. The molecule has 0 saturated carbocycles. The fraction of sp³-hybridized carbons (Fsp3) is 0.500. The molecule has 0 spiro atoms. The molecule has 1 aromatic rings. The van der Waals surface area contributed by atoms with Crippen molar-refractivity contribution in [2.45, 2.75) is 26.3 Å². The summed E-state index contributed by atoms with van der Waals surface area (Å²) in [5.74, 6) is -0.220. The van der Waals surface area contributed by atoms with Gasteiger partial charge in [0.05, 0.1) is 0 Å². The van der Waals surface area contributed by atoms with Crippen molar-refractivity contribution < 1.29 is 4.79 Å². The van der Waals surface area contributed by atoms with Crippen molar-refractivity contribution >= 4 is 13.7 Å². The smallest absolute Gasteiger partial charge is 0.250 e. The Balaban J connectivity index is 2.13. The van der Waals surface area contributed by atoms with Crippen LogP contribution in [-0.2, 0) is 13.0 Å². The lowest BCUT2D eigenvalue weighted by Crippen LogP contribution is -2.37. The molecule has 5 heteroatoms. The van der Waals surface area contributed by atoms with Gasteiger partial charge in [-0.25, -0.2) is 0 Å². The van der Waals surface area contributed by atoms with Crippen LogP contribution in [0.5, 0.6) is 0 Å². The molecule has 1 amide bonds. The van der Waals surface area contributed by atoms with Gasteiger partial charge in [-0.3, -0.25) is 9.59 Å². The second-order valence-corrected chi connectivity index (χ2v) is 4.62. The Labute approximate surface area is 101 Å². The molecule has 0 aliphatic carbocycles. The number of fused-ring (bicyclic) bond motifs is 1. The Morgan fingerprint density at radius 2 is 2.35 bits per heavy atom. The normalized spacial score (nSPS) is 18.5. The van der Waals surface area contributed by atoms with E-state index < -0.39 is 5.81 Å². The first-order valence-electron chi connectivity index (χ1n) is 5.80. The molecule has 1 aliphatic rings. The van der Waals surface area contributed by atoms with Crippen LogP contribution in [0.1, 0.15) is 17.7 Å². The largest absolute Gasteiger partial charge is 0.366 e. The van der Waals surface area contributed by atoms with E-state index in [0.717, 1.165) is 24.1 Å². The van der Waals surface area contributed by atoms with E-state index in [1.807, 2.05) is 6.92 Å². The Bertz CT molecular complexity index is 496. The quantitative estimate of drug-likeness (QED) is 0.756. The molecule has 1 atom stereocenters. The number of rotatable bonds is 2. The molecule has 88 valence electrons. The number of aryl methyl sites for hydroxylation is 2. The van der Waals surface area contributed by atoms with E-state index in [9.17, 15) is 9.59 Å². The highest BCUT2D eigenvalue weighted by Gasteiger charge is 2.19. The lowest BCUT2D eigenvalue weighted by Gasteiger charge is -2.26. The topological polar surface area (TPSA) is 51.1 Å². The van der Waals surface area contributed by atoms with Gasteiger partial charge < -0.3 is 9.88 Å². The zero-order chi connectivity index (χ0) is 12.4. The van der Waals surface area contributed by atoms with Crippen molar-refractivity contribution in [3.05, 3.63) is 33.7 Å². The number of carbonyl (C=O) groups is 1. The Morgan fingerprint density at radius 1 is 1.59 bits per heavy atom. The molecule has 1 unspecified atom stereocenters. The van der Waals surface area contributed by atoms with Gasteiger partial charge in [0, 0.05) is 24.8 Å².